The van der Waals surface area contributed by atoms with Crippen LogP contribution in [0.5, 0.6) is 0 Å². The van der Waals surface area contributed by atoms with E-state index in [9.17, 15) is 5.11 Å². The topological polar surface area (TPSA) is 38.7 Å². The number of aliphatic hydroxyl groups is 1. The first-order valence-electron chi connectivity index (χ1n) is 6.82. The first-order chi connectivity index (χ1) is 9.19. The van der Waals surface area contributed by atoms with Crippen molar-refractivity contribution in [1.29, 1.82) is 0 Å². The minimum absolute atomic E-state index is 0.0462. The Balaban J connectivity index is 1.70. The van der Waals surface area contributed by atoms with Crippen LogP contribution < -0.4 is 0 Å². The van der Waals surface area contributed by atoms with Crippen LogP contribution in [0.25, 0.3) is 0 Å². The van der Waals surface area contributed by atoms with Crippen molar-refractivity contribution in [3.8, 4) is 0 Å². The zero-order chi connectivity index (χ0) is 13.3. The average molecular weight is 347 g/mol. The van der Waals surface area contributed by atoms with Crippen LogP contribution in [-0.2, 0) is 9.47 Å². The molecule has 1 N–H and O–H groups in total. The van der Waals surface area contributed by atoms with Gasteiger partial charge in [-0.15, -0.1) is 11.3 Å². The highest BCUT2D eigenvalue weighted by atomic mass is 79.9. The Morgan fingerprint density at radius 1 is 1.37 bits per heavy atom. The maximum atomic E-state index is 10.6. The van der Waals surface area contributed by atoms with E-state index < -0.39 is 0 Å². The maximum absolute atomic E-state index is 10.6. The number of rotatable bonds is 2. The highest BCUT2D eigenvalue weighted by Gasteiger charge is 2.41. The molecule has 106 valence electrons. The summed E-state index contributed by atoms with van der Waals surface area (Å²) in [5, 5.41) is 12.6. The second-order valence-electron chi connectivity index (χ2n) is 5.53. The van der Waals surface area contributed by atoms with Gasteiger partial charge in [-0.25, -0.2) is 0 Å². The Hall–Kier alpha value is 0.0600. The monoisotopic (exact) mass is 346 g/mol. The standard InChI is InChI=1S/C14H19BrO3S/c15-12-7-11(9-19-12)13(16)10-1-4-18-14(8-10)2-5-17-6-3-14/h7,9-10,13,16H,1-6,8H2. The lowest BCUT2D eigenvalue weighted by Crippen LogP contribution is -2.45. The summed E-state index contributed by atoms with van der Waals surface area (Å²) in [4.78, 5) is 0. The molecular formula is C14H19BrO3S. The Kier molecular flexibility index (Phi) is 4.29. The van der Waals surface area contributed by atoms with Gasteiger partial charge in [0.25, 0.3) is 0 Å². The van der Waals surface area contributed by atoms with E-state index in [-0.39, 0.29) is 11.7 Å². The van der Waals surface area contributed by atoms with Crippen LogP contribution in [0.3, 0.4) is 0 Å². The largest absolute Gasteiger partial charge is 0.388 e. The Labute approximate surface area is 126 Å². The number of hydrogen-bond donors (Lipinski definition) is 1. The zero-order valence-electron chi connectivity index (χ0n) is 10.8. The summed E-state index contributed by atoms with van der Waals surface area (Å²) in [7, 11) is 0. The molecule has 3 heterocycles. The number of ether oxygens (including phenoxy) is 2. The summed E-state index contributed by atoms with van der Waals surface area (Å²) < 4.78 is 12.5. The van der Waals surface area contributed by atoms with Crippen LogP contribution in [-0.4, -0.2) is 30.5 Å². The van der Waals surface area contributed by atoms with E-state index in [4.69, 9.17) is 9.47 Å². The van der Waals surface area contributed by atoms with Crippen LogP contribution in [0.1, 0.15) is 37.4 Å². The molecule has 2 aliphatic rings. The van der Waals surface area contributed by atoms with Gasteiger partial charge in [0.15, 0.2) is 0 Å². The zero-order valence-corrected chi connectivity index (χ0v) is 13.2. The van der Waals surface area contributed by atoms with Gasteiger partial charge in [0.05, 0.1) is 15.5 Å². The summed E-state index contributed by atoms with van der Waals surface area (Å²) in [6.07, 6.45) is 3.45. The molecule has 2 aliphatic heterocycles. The van der Waals surface area contributed by atoms with Gasteiger partial charge >= 0.3 is 0 Å². The van der Waals surface area contributed by atoms with Gasteiger partial charge in [0.1, 0.15) is 0 Å². The SMILES string of the molecule is OC(c1csc(Br)c1)C1CCOC2(CCOCC2)C1. The van der Waals surface area contributed by atoms with E-state index >= 15 is 0 Å². The molecule has 1 aromatic rings. The fourth-order valence-corrected chi connectivity index (χ4v) is 4.38. The van der Waals surface area contributed by atoms with E-state index in [2.05, 4.69) is 15.9 Å². The average Bonchev–Trinajstić information content (AvgIpc) is 2.85. The normalized spacial score (nSPS) is 28.4. The smallest absolute Gasteiger partial charge is 0.0828 e. The lowest BCUT2D eigenvalue weighted by molar-refractivity contribution is -0.159. The number of thiophene rings is 1. The molecule has 3 rings (SSSR count). The van der Waals surface area contributed by atoms with Crippen LogP contribution in [0.2, 0.25) is 0 Å². The summed E-state index contributed by atoms with van der Waals surface area (Å²) in [6.45, 7) is 2.33. The molecule has 0 bridgehead atoms. The van der Waals surface area contributed by atoms with Crippen molar-refractivity contribution in [3.05, 3.63) is 20.8 Å². The lowest BCUT2D eigenvalue weighted by Gasteiger charge is -2.44. The quantitative estimate of drug-likeness (QED) is 0.890. The summed E-state index contributed by atoms with van der Waals surface area (Å²) in [5.74, 6) is 0.299. The van der Waals surface area contributed by atoms with Gasteiger partial charge in [0, 0.05) is 19.8 Å². The molecule has 0 aliphatic carbocycles. The Bertz CT molecular complexity index is 423. The molecule has 2 fully saturated rings. The summed E-state index contributed by atoms with van der Waals surface area (Å²) in [6, 6.07) is 2.03. The molecule has 2 unspecified atom stereocenters. The van der Waals surface area contributed by atoms with E-state index in [1.54, 1.807) is 11.3 Å². The number of hydrogen-bond acceptors (Lipinski definition) is 4. The molecule has 2 atom stereocenters. The first-order valence-corrected chi connectivity index (χ1v) is 8.49. The third kappa shape index (κ3) is 3.05. The van der Waals surface area contributed by atoms with Gasteiger partial charge in [-0.1, -0.05) is 0 Å². The van der Waals surface area contributed by atoms with Crippen molar-refractivity contribution in [1.82, 2.24) is 0 Å². The summed E-state index contributed by atoms with van der Waals surface area (Å²) in [5.41, 5.74) is 0.987. The predicted molar refractivity (Wildman–Crippen MR) is 78.4 cm³/mol. The van der Waals surface area contributed by atoms with Gasteiger partial charge in [0.2, 0.25) is 0 Å². The fourth-order valence-electron chi connectivity index (χ4n) is 3.18. The predicted octanol–water partition coefficient (Wildman–Crippen LogP) is 3.52. The highest BCUT2D eigenvalue weighted by molar-refractivity contribution is 9.11. The van der Waals surface area contributed by atoms with Gasteiger partial charge in [-0.2, -0.15) is 0 Å². The van der Waals surface area contributed by atoms with Crippen LogP contribution in [0, 0.1) is 5.92 Å². The van der Waals surface area contributed by atoms with E-state index in [0.717, 1.165) is 54.9 Å². The van der Waals surface area contributed by atoms with Crippen molar-refractivity contribution in [3.63, 3.8) is 0 Å². The van der Waals surface area contributed by atoms with Crippen LogP contribution in [0.4, 0.5) is 0 Å². The van der Waals surface area contributed by atoms with Gasteiger partial charge in [-0.3, -0.25) is 0 Å². The number of aliphatic hydroxyl groups excluding tert-OH is 1. The molecule has 1 spiro atoms. The Morgan fingerprint density at radius 2 is 2.16 bits per heavy atom. The van der Waals surface area contributed by atoms with Crippen LogP contribution >= 0.6 is 27.3 Å². The lowest BCUT2D eigenvalue weighted by atomic mass is 9.77. The third-order valence-corrected chi connectivity index (χ3v) is 5.83. The van der Waals surface area contributed by atoms with Crippen LogP contribution in [0.15, 0.2) is 15.2 Å². The van der Waals surface area contributed by atoms with E-state index in [1.165, 1.54) is 0 Å². The second-order valence-corrected chi connectivity index (χ2v) is 7.82. The number of halogens is 1. The molecular weight excluding hydrogens is 328 g/mol. The van der Waals surface area contributed by atoms with Gasteiger partial charge < -0.3 is 14.6 Å². The minimum Gasteiger partial charge on any atom is -0.388 e. The third-order valence-electron chi connectivity index (χ3n) is 4.31. The van der Waals surface area contributed by atoms with Crippen molar-refractivity contribution < 1.29 is 14.6 Å². The highest BCUT2D eigenvalue weighted by Crippen LogP contribution is 2.42. The Morgan fingerprint density at radius 3 is 2.84 bits per heavy atom. The van der Waals surface area contributed by atoms with Crippen molar-refractivity contribution in [2.24, 2.45) is 5.92 Å². The molecule has 1 aromatic heterocycles. The first kappa shape index (κ1) is 14.0. The second kappa shape index (κ2) is 5.82. The fraction of sp³-hybridized carbons (Fsp3) is 0.714. The molecule has 0 amide bonds. The molecule has 0 radical (unpaired) electrons. The molecule has 5 heteroatoms. The van der Waals surface area contributed by atoms with Crippen molar-refractivity contribution >= 4 is 27.3 Å². The maximum Gasteiger partial charge on any atom is 0.0828 e. The van der Waals surface area contributed by atoms with Crippen molar-refractivity contribution in [2.45, 2.75) is 37.4 Å². The van der Waals surface area contributed by atoms with Gasteiger partial charge in [-0.05, 0) is 64.5 Å². The molecule has 2 saturated heterocycles. The molecule has 0 saturated carbocycles. The van der Waals surface area contributed by atoms with Crippen molar-refractivity contribution in [2.75, 3.05) is 19.8 Å². The van der Waals surface area contributed by atoms with E-state index in [1.807, 2.05) is 11.4 Å². The molecule has 3 nitrogen and oxygen atoms in total. The van der Waals surface area contributed by atoms with E-state index in [0.29, 0.717) is 5.92 Å². The minimum atomic E-state index is -0.369. The summed E-state index contributed by atoms with van der Waals surface area (Å²) >= 11 is 5.09. The molecule has 0 aromatic carbocycles. The molecule has 19 heavy (non-hydrogen) atoms.